The zero-order chi connectivity index (χ0) is 21.0. The first kappa shape index (κ1) is 21.0. The second-order valence-electron chi connectivity index (χ2n) is 6.86. The highest BCUT2D eigenvalue weighted by Crippen LogP contribution is 2.35. The molecule has 1 atom stereocenters. The number of nitrogens with one attached hydrogen (secondary N) is 1. The molecule has 0 fully saturated rings. The average molecular weight is 417 g/mol. The third kappa shape index (κ3) is 5.63. The first-order chi connectivity index (χ1) is 13.8. The predicted octanol–water partition coefficient (Wildman–Crippen LogP) is 5.20. The van der Waals surface area contributed by atoms with Gasteiger partial charge in [0.2, 0.25) is 0 Å². The number of esters is 1. The number of hydrogen-bond acceptors (Lipinski definition) is 5. The molecule has 29 heavy (non-hydrogen) atoms. The summed E-state index contributed by atoms with van der Waals surface area (Å²) < 4.78 is 32.6. The number of imidazole rings is 1. The van der Waals surface area contributed by atoms with Crippen molar-refractivity contribution in [1.29, 1.82) is 0 Å². The van der Waals surface area contributed by atoms with E-state index < -0.39 is 23.7 Å². The summed E-state index contributed by atoms with van der Waals surface area (Å²) in [6.45, 7) is 5.31. The fourth-order valence-corrected chi connectivity index (χ4v) is 3.94. The van der Waals surface area contributed by atoms with Crippen molar-refractivity contribution in [3.05, 3.63) is 71.4 Å². The van der Waals surface area contributed by atoms with E-state index in [1.807, 2.05) is 26.0 Å². The molecule has 5 nitrogen and oxygen atoms in total. The van der Waals surface area contributed by atoms with Crippen molar-refractivity contribution < 1.29 is 18.3 Å². The molecule has 0 spiro atoms. The minimum Gasteiger partial charge on any atom is -0.454 e. The monoisotopic (exact) mass is 417 g/mol. The number of pyridine rings is 1. The van der Waals surface area contributed by atoms with Crippen molar-refractivity contribution in [3.63, 3.8) is 0 Å². The lowest BCUT2D eigenvalue weighted by Gasteiger charge is -2.15. The highest BCUT2D eigenvalue weighted by Gasteiger charge is 2.23. The van der Waals surface area contributed by atoms with Gasteiger partial charge < -0.3 is 9.72 Å². The number of ether oxygens (including phenoxy) is 1. The molecule has 1 aromatic carbocycles. The second-order valence-corrected chi connectivity index (χ2v) is 7.92. The lowest BCUT2D eigenvalue weighted by Crippen LogP contribution is -2.13. The van der Waals surface area contributed by atoms with E-state index in [-0.39, 0.29) is 5.92 Å². The molecular formula is C21H21F2N3O2S. The van der Waals surface area contributed by atoms with Gasteiger partial charge in [0.25, 0.3) is 0 Å². The van der Waals surface area contributed by atoms with Crippen LogP contribution in [0.3, 0.4) is 0 Å². The Balaban J connectivity index is 1.94. The molecule has 0 aliphatic carbocycles. The largest absolute Gasteiger partial charge is 0.454 e. The predicted molar refractivity (Wildman–Crippen MR) is 106 cm³/mol. The number of rotatable bonds is 7. The summed E-state index contributed by atoms with van der Waals surface area (Å²) in [6, 6.07) is 7.02. The van der Waals surface area contributed by atoms with Crippen molar-refractivity contribution in [1.82, 2.24) is 15.0 Å². The molecule has 8 heteroatoms. The first-order valence-corrected chi connectivity index (χ1v) is 9.93. The molecule has 0 amide bonds. The van der Waals surface area contributed by atoms with E-state index >= 15 is 0 Å². The van der Waals surface area contributed by atoms with Gasteiger partial charge in [-0.15, -0.1) is 0 Å². The van der Waals surface area contributed by atoms with Gasteiger partial charge >= 0.3 is 5.97 Å². The highest BCUT2D eigenvalue weighted by molar-refractivity contribution is 7.99. The van der Waals surface area contributed by atoms with Crippen LogP contribution >= 0.6 is 11.8 Å². The number of benzene rings is 1. The summed E-state index contributed by atoms with van der Waals surface area (Å²) >= 11 is 1.16. The number of H-pyrrole nitrogens is 1. The van der Waals surface area contributed by atoms with Gasteiger partial charge in [-0.05, 0) is 35.7 Å². The van der Waals surface area contributed by atoms with E-state index in [0.717, 1.165) is 29.1 Å². The molecule has 3 aromatic rings. The summed E-state index contributed by atoms with van der Waals surface area (Å²) in [7, 11) is 0. The number of aromatic nitrogens is 3. The number of aromatic amines is 1. The number of carbonyl (C=O) groups excluding carboxylic acids is 1. The molecule has 0 saturated heterocycles. The maximum atomic E-state index is 13.6. The first-order valence-electron chi connectivity index (χ1n) is 9.11. The van der Waals surface area contributed by atoms with Gasteiger partial charge in [0.15, 0.2) is 6.10 Å². The third-order valence-electron chi connectivity index (χ3n) is 4.13. The van der Waals surface area contributed by atoms with Gasteiger partial charge in [-0.2, -0.15) is 0 Å². The number of carbonyl (C=O) groups is 1. The number of hydrogen-bond donors (Lipinski definition) is 1. The molecule has 3 rings (SSSR count). The minimum atomic E-state index is -0.648. The molecule has 0 saturated carbocycles. The van der Waals surface area contributed by atoms with Crippen LogP contribution < -0.4 is 0 Å². The van der Waals surface area contributed by atoms with Crippen LogP contribution in [0.15, 0.2) is 52.6 Å². The van der Waals surface area contributed by atoms with Crippen LogP contribution in [0.4, 0.5) is 8.78 Å². The van der Waals surface area contributed by atoms with Crippen molar-refractivity contribution in [2.45, 2.75) is 49.1 Å². The van der Waals surface area contributed by atoms with Gasteiger partial charge in [0.05, 0.1) is 5.69 Å². The fraction of sp³-hybridized carbons (Fsp3) is 0.286. The smallest absolute Gasteiger partial charge is 0.303 e. The Labute approximate surface area is 171 Å². The quantitative estimate of drug-likeness (QED) is 0.535. The Hall–Kier alpha value is -2.74. The van der Waals surface area contributed by atoms with Gasteiger partial charge in [0.1, 0.15) is 22.5 Å². The topological polar surface area (TPSA) is 67.9 Å². The van der Waals surface area contributed by atoms with Crippen LogP contribution in [0.1, 0.15) is 49.9 Å². The van der Waals surface area contributed by atoms with Crippen LogP contribution in [0.5, 0.6) is 0 Å². The van der Waals surface area contributed by atoms with Crippen molar-refractivity contribution >= 4 is 17.7 Å². The van der Waals surface area contributed by atoms with Crippen LogP contribution in [0, 0.1) is 11.6 Å². The Kier molecular flexibility index (Phi) is 6.64. The lowest BCUT2D eigenvalue weighted by molar-refractivity contribution is -0.147. The summed E-state index contributed by atoms with van der Waals surface area (Å²) in [5.41, 5.74) is 1.75. The van der Waals surface area contributed by atoms with E-state index in [1.165, 1.54) is 19.1 Å². The molecule has 152 valence electrons. The normalized spacial score (nSPS) is 12.2. The van der Waals surface area contributed by atoms with Crippen molar-refractivity contribution in [3.8, 4) is 0 Å². The van der Waals surface area contributed by atoms with Gasteiger partial charge in [-0.3, -0.25) is 9.78 Å². The molecule has 1 unspecified atom stereocenters. The van der Waals surface area contributed by atoms with E-state index in [1.54, 1.807) is 12.4 Å². The lowest BCUT2D eigenvalue weighted by atomic mass is 10.1. The minimum absolute atomic E-state index is 0.0797. The number of halogens is 2. The van der Waals surface area contributed by atoms with Crippen molar-refractivity contribution in [2.24, 2.45) is 0 Å². The summed E-state index contributed by atoms with van der Waals surface area (Å²) in [5, 5.41) is 0.590. The SMILES string of the molecule is CC(=O)OC(Cc1ccncc1)c1nc(Sc2cc(F)cc(F)c2)c(C(C)C)[nH]1. The van der Waals surface area contributed by atoms with Gasteiger partial charge in [-0.25, -0.2) is 13.8 Å². The molecule has 0 aliphatic heterocycles. The summed E-state index contributed by atoms with van der Waals surface area (Å²) in [6.07, 6.45) is 3.14. The van der Waals surface area contributed by atoms with Crippen LogP contribution in [-0.4, -0.2) is 20.9 Å². The second kappa shape index (κ2) is 9.17. The summed E-state index contributed by atoms with van der Waals surface area (Å²) in [4.78, 5) is 23.9. The average Bonchev–Trinajstić information content (AvgIpc) is 3.05. The maximum Gasteiger partial charge on any atom is 0.303 e. The highest BCUT2D eigenvalue weighted by atomic mass is 32.2. The molecule has 2 aromatic heterocycles. The molecule has 0 bridgehead atoms. The Morgan fingerprint density at radius 2 is 1.83 bits per heavy atom. The Bertz CT molecular complexity index is 973. The van der Waals surface area contributed by atoms with Gasteiger partial charge in [0, 0.05) is 36.7 Å². The van der Waals surface area contributed by atoms with E-state index in [0.29, 0.717) is 22.2 Å². The fourth-order valence-electron chi connectivity index (χ4n) is 2.84. The van der Waals surface area contributed by atoms with E-state index in [9.17, 15) is 13.6 Å². The zero-order valence-corrected chi connectivity index (χ0v) is 17.1. The summed E-state index contributed by atoms with van der Waals surface area (Å²) in [5.74, 6) is -1.15. The van der Waals surface area contributed by atoms with E-state index in [2.05, 4.69) is 15.0 Å². The van der Waals surface area contributed by atoms with Crippen LogP contribution in [0.2, 0.25) is 0 Å². The van der Waals surface area contributed by atoms with Gasteiger partial charge in [-0.1, -0.05) is 25.6 Å². The van der Waals surface area contributed by atoms with E-state index in [4.69, 9.17) is 4.74 Å². The molecule has 0 radical (unpaired) electrons. The number of nitrogens with zero attached hydrogens (tertiary/aromatic N) is 2. The third-order valence-corrected chi connectivity index (χ3v) is 5.10. The van der Waals surface area contributed by atoms with Crippen LogP contribution in [0.25, 0.3) is 0 Å². The molecule has 1 N–H and O–H groups in total. The molecule has 2 heterocycles. The Morgan fingerprint density at radius 1 is 1.17 bits per heavy atom. The zero-order valence-electron chi connectivity index (χ0n) is 16.3. The van der Waals surface area contributed by atoms with Crippen LogP contribution in [-0.2, 0) is 16.0 Å². The standard InChI is InChI=1S/C21H21F2N3O2S/c1-12(2)19-21(29-17-10-15(22)9-16(23)11-17)26-20(25-19)18(28-13(3)27)8-14-4-6-24-7-5-14/h4-7,9-12,18H,8H2,1-3H3,(H,25,26). The molecular weight excluding hydrogens is 396 g/mol. The van der Waals surface area contributed by atoms with Crippen molar-refractivity contribution in [2.75, 3.05) is 0 Å². The Morgan fingerprint density at radius 3 is 2.41 bits per heavy atom. The maximum absolute atomic E-state index is 13.6. The molecule has 0 aliphatic rings.